The van der Waals surface area contributed by atoms with E-state index >= 15 is 0 Å². The van der Waals surface area contributed by atoms with Gasteiger partial charge in [-0.25, -0.2) is 13.6 Å². The Labute approximate surface area is 204 Å². The van der Waals surface area contributed by atoms with Crippen LogP contribution in [-0.4, -0.2) is 78.3 Å². The van der Waals surface area contributed by atoms with Crippen LogP contribution in [-0.2, 0) is 14.4 Å². The monoisotopic (exact) mass is 515 g/mol. The second kappa shape index (κ2) is 11.9. The predicted molar refractivity (Wildman–Crippen MR) is 121 cm³/mol. The molecule has 0 aromatic heterocycles. The molecule has 0 saturated carbocycles. The zero-order chi connectivity index (χ0) is 27.2. The number of amides is 2. The highest BCUT2D eigenvalue weighted by atomic mass is 19.4. The van der Waals surface area contributed by atoms with Gasteiger partial charge < -0.3 is 20.6 Å². The first-order chi connectivity index (χ1) is 16.7. The van der Waals surface area contributed by atoms with Gasteiger partial charge in [-0.05, 0) is 35.2 Å². The van der Waals surface area contributed by atoms with Crippen molar-refractivity contribution in [3.8, 4) is 11.1 Å². The molecule has 1 heterocycles. The highest BCUT2D eigenvalue weighted by molar-refractivity contribution is 5.93. The van der Waals surface area contributed by atoms with Crippen LogP contribution in [0.5, 0.6) is 0 Å². The Hall–Kier alpha value is -3.54. The molecule has 3 rings (SSSR count). The molecule has 0 radical (unpaired) electrons. The molecule has 2 amide bonds. The molecule has 3 N–H and O–H groups in total. The first kappa shape index (κ1) is 28.7. The molecule has 12 heteroatoms. The normalized spacial score (nSPS) is 17.0. The average Bonchev–Trinajstić information content (AvgIpc) is 3.25. The van der Waals surface area contributed by atoms with Gasteiger partial charge in [0.1, 0.15) is 18.0 Å². The van der Waals surface area contributed by atoms with Crippen molar-refractivity contribution in [1.82, 2.24) is 9.80 Å². The lowest BCUT2D eigenvalue weighted by molar-refractivity contribution is -0.192. The number of carbonyl (C=O) groups excluding carboxylic acids is 2. The SMILES string of the molecule is CN(C)C(=O)[C@@H](c1ccc(-c2ccc(F)cc2)cc1)[C@H](N)C(=O)N1CC[C@@H](F)C1.O=C(O)C(F)(F)F. The number of halogens is 5. The Balaban J connectivity index is 0.000000572. The van der Waals surface area contributed by atoms with Gasteiger partial charge in [-0.3, -0.25) is 9.59 Å². The second-order valence-corrected chi connectivity index (χ2v) is 8.34. The summed E-state index contributed by atoms with van der Waals surface area (Å²) in [5, 5.41) is 7.12. The number of hydrogen-bond donors (Lipinski definition) is 2. The number of carboxylic acid groups (broad SMARTS) is 1. The van der Waals surface area contributed by atoms with E-state index in [1.165, 1.54) is 21.9 Å². The third kappa shape index (κ3) is 7.48. The first-order valence-electron chi connectivity index (χ1n) is 10.8. The maximum absolute atomic E-state index is 13.5. The van der Waals surface area contributed by atoms with E-state index in [9.17, 15) is 31.5 Å². The van der Waals surface area contributed by atoms with Crippen molar-refractivity contribution in [1.29, 1.82) is 0 Å². The standard InChI is InChI=1S/C22H25F2N3O2.C2HF3O2/c1-26(2)21(28)19(20(25)22(29)27-12-11-18(24)13-27)16-5-3-14(4-6-16)15-7-9-17(23)10-8-15;3-2(4,5)1(6)7/h3-10,18-20H,11-13,25H2,1-2H3;(H,6,7)/t18-,19+,20+;/m1./s1. The summed E-state index contributed by atoms with van der Waals surface area (Å²) >= 11 is 0. The fraction of sp³-hybridized carbons (Fsp3) is 0.375. The third-order valence-corrected chi connectivity index (χ3v) is 5.48. The molecule has 36 heavy (non-hydrogen) atoms. The van der Waals surface area contributed by atoms with Gasteiger partial charge in [0, 0.05) is 20.6 Å². The van der Waals surface area contributed by atoms with E-state index < -0.39 is 36.2 Å². The molecule has 0 spiro atoms. The summed E-state index contributed by atoms with van der Waals surface area (Å²) in [6, 6.07) is 12.1. The number of aliphatic carboxylic acids is 1. The van der Waals surface area contributed by atoms with Gasteiger partial charge in [-0.1, -0.05) is 36.4 Å². The number of nitrogens with two attached hydrogens (primary N) is 1. The molecule has 1 fully saturated rings. The average molecular weight is 515 g/mol. The molecule has 7 nitrogen and oxygen atoms in total. The number of hydrogen-bond acceptors (Lipinski definition) is 4. The van der Waals surface area contributed by atoms with Crippen LogP contribution in [0.1, 0.15) is 17.9 Å². The van der Waals surface area contributed by atoms with Crippen molar-refractivity contribution in [3.05, 3.63) is 59.9 Å². The largest absolute Gasteiger partial charge is 0.490 e. The molecule has 196 valence electrons. The molecular weight excluding hydrogens is 489 g/mol. The Kier molecular flexibility index (Phi) is 9.51. The predicted octanol–water partition coefficient (Wildman–Crippen LogP) is 3.20. The van der Waals surface area contributed by atoms with Crippen molar-refractivity contribution >= 4 is 17.8 Å². The number of likely N-dealkylation sites (tertiary alicyclic amines) is 1. The number of likely N-dealkylation sites (N-methyl/N-ethyl adjacent to an activating group) is 1. The van der Waals surface area contributed by atoms with Crippen molar-refractivity contribution in [2.75, 3.05) is 27.2 Å². The highest BCUT2D eigenvalue weighted by Crippen LogP contribution is 2.27. The van der Waals surface area contributed by atoms with Gasteiger partial charge >= 0.3 is 12.1 Å². The van der Waals surface area contributed by atoms with Gasteiger partial charge in [0.25, 0.3) is 0 Å². The van der Waals surface area contributed by atoms with Crippen LogP contribution in [0.2, 0.25) is 0 Å². The van der Waals surface area contributed by atoms with E-state index in [-0.39, 0.29) is 24.7 Å². The Morgan fingerprint density at radius 1 is 1.03 bits per heavy atom. The minimum Gasteiger partial charge on any atom is -0.475 e. The maximum atomic E-state index is 13.5. The van der Waals surface area contributed by atoms with E-state index in [4.69, 9.17) is 15.6 Å². The molecule has 2 aromatic rings. The van der Waals surface area contributed by atoms with Crippen LogP contribution in [0, 0.1) is 5.82 Å². The highest BCUT2D eigenvalue weighted by Gasteiger charge is 2.39. The Morgan fingerprint density at radius 3 is 1.89 bits per heavy atom. The van der Waals surface area contributed by atoms with Crippen LogP contribution in [0.3, 0.4) is 0 Å². The van der Waals surface area contributed by atoms with Crippen molar-refractivity contribution in [3.63, 3.8) is 0 Å². The molecule has 3 atom stereocenters. The third-order valence-electron chi connectivity index (χ3n) is 5.48. The Morgan fingerprint density at radius 2 is 1.50 bits per heavy atom. The number of benzene rings is 2. The maximum Gasteiger partial charge on any atom is 0.490 e. The minimum absolute atomic E-state index is 0.0128. The van der Waals surface area contributed by atoms with Crippen LogP contribution in [0.15, 0.2) is 48.5 Å². The second-order valence-electron chi connectivity index (χ2n) is 8.34. The fourth-order valence-electron chi connectivity index (χ4n) is 3.58. The van der Waals surface area contributed by atoms with Crippen LogP contribution in [0.25, 0.3) is 11.1 Å². The lowest BCUT2D eigenvalue weighted by atomic mass is 9.88. The number of carboxylic acids is 1. The van der Waals surface area contributed by atoms with Gasteiger partial charge in [-0.15, -0.1) is 0 Å². The fourth-order valence-corrected chi connectivity index (χ4v) is 3.58. The molecule has 2 aromatic carbocycles. The van der Waals surface area contributed by atoms with E-state index in [2.05, 4.69) is 0 Å². The minimum atomic E-state index is -5.08. The quantitative estimate of drug-likeness (QED) is 0.596. The summed E-state index contributed by atoms with van der Waals surface area (Å²) < 4.78 is 58.4. The van der Waals surface area contributed by atoms with E-state index in [1.807, 2.05) is 12.1 Å². The molecule has 0 unspecified atom stereocenters. The zero-order valence-electron chi connectivity index (χ0n) is 19.5. The summed E-state index contributed by atoms with van der Waals surface area (Å²) in [4.78, 5) is 37.3. The molecule has 0 aliphatic carbocycles. The zero-order valence-corrected chi connectivity index (χ0v) is 19.5. The van der Waals surface area contributed by atoms with Crippen LogP contribution < -0.4 is 5.73 Å². The number of alkyl halides is 4. The van der Waals surface area contributed by atoms with Gasteiger partial charge in [0.2, 0.25) is 11.8 Å². The van der Waals surface area contributed by atoms with Gasteiger partial charge in [-0.2, -0.15) is 13.2 Å². The molecule has 1 aliphatic rings. The van der Waals surface area contributed by atoms with Crippen molar-refractivity contribution in [2.24, 2.45) is 5.73 Å². The van der Waals surface area contributed by atoms with E-state index in [0.717, 1.165) is 11.1 Å². The summed E-state index contributed by atoms with van der Waals surface area (Å²) in [6.07, 6.45) is -5.85. The van der Waals surface area contributed by atoms with Gasteiger partial charge in [0.15, 0.2) is 0 Å². The summed E-state index contributed by atoms with van der Waals surface area (Å²) in [7, 11) is 3.21. The Bertz CT molecular complexity index is 1060. The van der Waals surface area contributed by atoms with Gasteiger partial charge in [0.05, 0.1) is 12.5 Å². The number of nitrogens with zero attached hydrogens (tertiary/aromatic N) is 2. The topological polar surface area (TPSA) is 104 Å². The number of carbonyl (C=O) groups is 3. The van der Waals surface area contributed by atoms with Crippen LogP contribution >= 0.6 is 0 Å². The van der Waals surface area contributed by atoms with Crippen molar-refractivity contribution < 1.29 is 41.4 Å². The van der Waals surface area contributed by atoms with Crippen LogP contribution in [0.4, 0.5) is 22.0 Å². The molecule has 0 bridgehead atoms. The summed E-state index contributed by atoms with van der Waals surface area (Å²) in [6.45, 7) is 0.318. The lowest BCUT2D eigenvalue weighted by Crippen LogP contribution is -2.50. The van der Waals surface area contributed by atoms with Crippen molar-refractivity contribution in [2.45, 2.75) is 30.7 Å². The molecule has 1 saturated heterocycles. The van der Waals surface area contributed by atoms with E-state index in [1.54, 1.807) is 38.4 Å². The smallest absolute Gasteiger partial charge is 0.475 e. The number of rotatable bonds is 5. The molecule has 1 aliphatic heterocycles. The molecular formula is C24H26F5N3O4. The summed E-state index contributed by atoms with van der Waals surface area (Å²) in [5.74, 6) is -4.67. The summed E-state index contributed by atoms with van der Waals surface area (Å²) in [5.41, 5.74) is 8.51. The first-order valence-corrected chi connectivity index (χ1v) is 10.8. The van der Waals surface area contributed by atoms with E-state index in [0.29, 0.717) is 12.1 Å². The lowest BCUT2D eigenvalue weighted by Gasteiger charge is -2.28.